The van der Waals surface area contributed by atoms with Gasteiger partial charge in [0.15, 0.2) is 5.78 Å². The van der Waals surface area contributed by atoms with Crippen LogP contribution >= 0.6 is 23.2 Å². The van der Waals surface area contributed by atoms with E-state index in [1.807, 2.05) is 0 Å². The van der Waals surface area contributed by atoms with Crippen LogP contribution in [0.4, 0.5) is 0 Å². The maximum Gasteiger partial charge on any atom is 0.155 e. The fourth-order valence-corrected chi connectivity index (χ4v) is 2.21. The second-order valence-corrected chi connectivity index (χ2v) is 5.28. The lowest BCUT2D eigenvalue weighted by atomic mass is 10.1. The molecule has 0 saturated heterocycles. The van der Waals surface area contributed by atoms with Crippen LogP contribution in [0.5, 0.6) is 5.75 Å². The van der Waals surface area contributed by atoms with Crippen molar-refractivity contribution < 1.29 is 9.90 Å². The van der Waals surface area contributed by atoms with E-state index in [1.165, 1.54) is 12.1 Å². The van der Waals surface area contributed by atoms with E-state index in [0.717, 1.165) is 25.7 Å². The van der Waals surface area contributed by atoms with Gasteiger partial charge in [-0.05, 0) is 30.7 Å². The molecule has 0 atom stereocenters. The first-order valence-corrected chi connectivity index (χ1v) is 7.19. The number of rotatable bonds is 7. The second kappa shape index (κ2) is 8.23. The highest BCUT2D eigenvalue weighted by Crippen LogP contribution is 2.31. The number of ketones is 1. The molecule has 19 heavy (non-hydrogen) atoms. The van der Waals surface area contributed by atoms with Gasteiger partial charge >= 0.3 is 0 Å². The molecule has 1 aromatic carbocycles. The topological polar surface area (TPSA) is 37.3 Å². The van der Waals surface area contributed by atoms with Crippen LogP contribution in [0.3, 0.4) is 0 Å². The molecule has 4 heteroatoms. The SMILES string of the molecule is CCCCCCC(=O)/C=C/c1cc(Cl)cc(Cl)c1O. The van der Waals surface area contributed by atoms with Gasteiger partial charge in [0, 0.05) is 17.0 Å². The fraction of sp³-hybridized carbons (Fsp3) is 0.400. The number of benzene rings is 1. The Balaban J connectivity index is 2.59. The summed E-state index contributed by atoms with van der Waals surface area (Å²) in [7, 11) is 0. The number of carbonyl (C=O) groups excluding carboxylic acids is 1. The molecule has 2 nitrogen and oxygen atoms in total. The zero-order valence-electron chi connectivity index (χ0n) is 11.0. The minimum Gasteiger partial charge on any atom is -0.506 e. The molecule has 0 aliphatic rings. The summed E-state index contributed by atoms with van der Waals surface area (Å²) >= 11 is 11.6. The number of carbonyl (C=O) groups is 1. The Labute approximate surface area is 124 Å². The molecule has 0 fully saturated rings. The Hall–Kier alpha value is -0.990. The first-order chi connectivity index (χ1) is 9.04. The lowest BCUT2D eigenvalue weighted by Crippen LogP contribution is -1.92. The smallest absolute Gasteiger partial charge is 0.155 e. The van der Waals surface area contributed by atoms with Crippen LogP contribution in [0.2, 0.25) is 10.0 Å². The average Bonchev–Trinajstić information content (AvgIpc) is 2.37. The molecule has 0 aromatic heterocycles. The zero-order chi connectivity index (χ0) is 14.3. The van der Waals surface area contributed by atoms with E-state index < -0.39 is 0 Å². The van der Waals surface area contributed by atoms with E-state index in [9.17, 15) is 9.90 Å². The highest BCUT2D eigenvalue weighted by molar-refractivity contribution is 6.35. The van der Waals surface area contributed by atoms with Crippen LogP contribution in [0.1, 0.15) is 44.6 Å². The summed E-state index contributed by atoms with van der Waals surface area (Å²) in [4.78, 5) is 11.6. The van der Waals surface area contributed by atoms with Gasteiger partial charge in [-0.2, -0.15) is 0 Å². The molecule has 0 unspecified atom stereocenters. The average molecular weight is 301 g/mol. The Morgan fingerprint density at radius 2 is 2.00 bits per heavy atom. The second-order valence-electron chi connectivity index (χ2n) is 4.44. The molecule has 0 spiro atoms. The Kier molecular flexibility index (Phi) is 6.96. The predicted molar refractivity (Wildman–Crippen MR) is 80.9 cm³/mol. The quantitative estimate of drug-likeness (QED) is 0.551. The highest BCUT2D eigenvalue weighted by atomic mass is 35.5. The maximum absolute atomic E-state index is 11.6. The maximum atomic E-state index is 11.6. The predicted octanol–water partition coefficient (Wildman–Crippen LogP) is 5.25. The molecule has 0 aliphatic heterocycles. The van der Waals surface area contributed by atoms with E-state index in [1.54, 1.807) is 12.1 Å². The molecule has 0 aliphatic carbocycles. The number of unbranched alkanes of at least 4 members (excludes halogenated alkanes) is 3. The van der Waals surface area contributed by atoms with Gasteiger partial charge in [0.25, 0.3) is 0 Å². The van der Waals surface area contributed by atoms with E-state index in [0.29, 0.717) is 17.0 Å². The Bertz CT molecular complexity index is 467. The standard InChI is InChI=1S/C15H18Cl2O2/c1-2-3-4-5-6-13(18)8-7-11-9-12(16)10-14(17)15(11)19/h7-10,19H,2-6H2,1H3/b8-7+. The molecule has 0 amide bonds. The molecular formula is C15H18Cl2O2. The number of phenolic OH excluding ortho intramolecular Hbond substituents is 1. The molecular weight excluding hydrogens is 283 g/mol. The molecule has 0 bridgehead atoms. The summed E-state index contributed by atoms with van der Waals surface area (Å²) in [6, 6.07) is 3.03. The first-order valence-electron chi connectivity index (χ1n) is 6.43. The van der Waals surface area contributed by atoms with Crippen molar-refractivity contribution in [3.05, 3.63) is 33.8 Å². The Morgan fingerprint density at radius 3 is 2.68 bits per heavy atom. The summed E-state index contributed by atoms with van der Waals surface area (Å²) in [5, 5.41) is 10.3. The number of phenols is 1. The lowest BCUT2D eigenvalue weighted by molar-refractivity contribution is -0.114. The third-order valence-electron chi connectivity index (χ3n) is 2.78. The third kappa shape index (κ3) is 5.66. The van der Waals surface area contributed by atoms with Crippen LogP contribution < -0.4 is 0 Å². The summed E-state index contributed by atoms with van der Waals surface area (Å²) in [5.41, 5.74) is 0.458. The van der Waals surface area contributed by atoms with Gasteiger partial charge < -0.3 is 5.11 Å². The van der Waals surface area contributed by atoms with Crippen molar-refractivity contribution >= 4 is 35.1 Å². The number of hydrogen-bond acceptors (Lipinski definition) is 2. The summed E-state index contributed by atoms with van der Waals surface area (Å²) in [6.07, 6.45) is 7.83. The van der Waals surface area contributed by atoms with Gasteiger partial charge in [-0.1, -0.05) is 49.4 Å². The first kappa shape index (κ1) is 16.1. The van der Waals surface area contributed by atoms with Crippen LogP contribution in [0.25, 0.3) is 6.08 Å². The zero-order valence-corrected chi connectivity index (χ0v) is 12.5. The van der Waals surface area contributed by atoms with Gasteiger partial charge in [-0.15, -0.1) is 0 Å². The number of allylic oxidation sites excluding steroid dienone is 1. The molecule has 0 radical (unpaired) electrons. The van der Waals surface area contributed by atoms with Crippen molar-refractivity contribution in [3.8, 4) is 5.75 Å². The van der Waals surface area contributed by atoms with Crippen molar-refractivity contribution in [3.63, 3.8) is 0 Å². The fourth-order valence-electron chi connectivity index (χ4n) is 1.71. The van der Waals surface area contributed by atoms with E-state index in [4.69, 9.17) is 23.2 Å². The summed E-state index contributed by atoms with van der Waals surface area (Å²) in [5.74, 6) is -0.00676. The normalized spacial score (nSPS) is 11.1. The van der Waals surface area contributed by atoms with E-state index >= 15 is 0 Å². The van der Waals surface area contributed by atoms with Crippen LogP contribution in [-0.4, -0.2) is 10.9 Å². The third-order valence-corrected chi connectivity index (χ3v) is 3.29. The Morgan fingerprint density at radius 1 is 1.26 bits per heavy atom. The minimum atomic E-state index is -0.0545. The summed E-state index contributed by atoms with van der Waals surface area (Å²) in [6.45, 7) is 2.13. The van der Waals surface area contributed by atoms with Crippen molar-refractivity contribution in [1.82, 2.24) is 0 Å². The van der Waals surface area contributed by atoms with Gasteiger partial charge in [0.2, 0.25) is 0 Å². The van der Waals surface area contributed by atoms with Crippen molar-refractivity contribution in [2.24, 2.45) is 0 Å². The monoisotopic (exact) mass is 300 g/mol. The van der Waals surface area contributed by atoms with Gasteiger partial charge in [-0.25, -0.2) is 0 Å². The number of halogens is 2. The molecule has 1 rings (SSSR count). The van der Waals surface area contributed by atoms with Crippen molar-refractivity contribution in [2.75, 3.05) is 0 Å². The van der Waals surface area contributed by atoms with Crippen molar-refractivity contribution in [2.45, 2.75) is 39.0 Å². The van der Waals surface area contributed by atoms with Gasteiger partial charge in [-0.3, -0.25) is 4.79 Å². The number of aromatic hydroxyl groups is 1. The summed E-state index contributed by atoms with van der Waals surface area (Å²) < 4.78 is 0. The molecule has 0 heterocycles. The molecule has 104 valence electrons. The van der Waals surface area contributed by atoms with Crippen LogP contribution in [-0.2, 0) is 4.79 Å². The van der Waals surface area contributed by atoms with Crippen LogP contribution in [0.15, 0.2) is 18.2 Å². The largest absolute Gasteiger partial charge is 0.506 e. The van der Waals surface area contributed by atoms with E-state index in [2.05, 4.69) is 6.92 Å². The number of hydrogen-bond donors (Lipinski definition) is 1. The lowest BCUT2D eigenvalue weighted by Gasteiger charge is -2.02. The van der Waals surface area contributed by atoms with Crippen LogP contribution in [0, 0.1) is 0 Å². The van der Waals surface area contributed by atoms with Gasteiger partial charge in [0.1, 0.15) is 5.75 Å². The molecule has 1 N–H and O–H groups in total. The minimum absolute atomic E-state index is 0.0478. The molecule has 0 saturated carbocycles. The molecule has 1 aromatic rings. The highest BCUT2D eigenvalue weighted by Gasteiger charge is 2.05. The van der Waals surface area contributed by atoms with E-state index in [-0.39, 0.29) is 16.6 Å². The van der Waals surface area contributed by atoms with Gasteiger partial charge in [0.05, 0.1) is 5.02 Å². The van der Waals surface area contributed by atoms with Crippen molar-refractivity contribution in [1.29, 1.82) is 0 Å².